The minimum absolute atomic E-state index is 0.115. The summed E-state index contributed by atoms with van der Waals surface area (Å²) in [7, 11) is -1.91. The van der Waals surface area contributed by atoms with E-state index in [4.69, 9.17) is 14.2 Å². The number of methoxy groups -OCH3 is 1. The molecule has 9 heteroatoms. The summed E-state index contributed by atoms with van der Waals surface area (Å²) < 4.78 is 41.5. The third kappa shape index (κ3) is 5.35. The van der Waals surface area contributed by atoms with Crippen molar-refractivity contribution in [2.75, 3.05) is 31.0 Å². The smallest absolute Gasteiger partial charge is 0.232 e. The number of rotatable bonds is 9. The Bertz CT molecular complexity index is 991. The number of ether oxygens (including phenoxy) is 3. The molecule has 0 saturated heterocycles. The van der Waals surface area contributed by atoms with E-state index in [2.05, 4.69) is 5.32 Å². The van der Waals surface area contributed by atoms with Crippen molar-refractivity contribution in [2.24, 2.45) is 0 Å². The zero-order chi connectivity index (χ0) is 21.7. The van der Waals surface area contributed by atoms with Gasteiger partial charge in [-0.25, -0.2) is 8.42 Å². The van der Waals surface area contributed by atoms with Crippen molar-refractivity contribution in [3.8, 4) is 17.2 Å². The lowest BCUT2D eigenvalue weighted by Gasteiger charge is -2.23. The normalized spacial score (nSPS) is 13.6. The predicted octanol–water partition coefficient (Wildman–Crippen LogP) is 2.85. The zero-order valence-electron chi connectivity index (χ0n) is 17.3. The first-order valence-electron chi connectivity index (χ1n) is 9.58. The Morgan fingerprint density at radius 2 is 1.87 bits per heavy atom. The Balaban J connectivity index is 1.56. The highest BCUT2D eigenvalue weighted by molar-refractivity contribution is 7.92. The maximum Gasteiger partial charge on any atom is 0.232 e. The van der Waals surface area contributed by atoms with Gasteiger partial charge in [0, 0.05) is 19.0 Å². The van der Waals surface area contributed by atoms with Gasteiger partial charge in [-0.15, -0.1) is 0 Å². The first-order chi connectivity index (χ1) is 14.3. The summed E-state index contributed by atoms with van der Waals surface area (Å²) in [5, 5.41) is 2.94. The molecule has 1 aliphatic rings. The average molecular weight is 435 g/mol. The van der Waals surface area contributed by atoms with Crippen LogP contribution in [0.25, 0.3) is 0 Å². The van der Waals surface area contributed by atoms with E-state index in [1.54, 1.807) is 25.3 Å². The molecule has 1 heterocycles. The van der Waals surface area contributed by atoms with Gasteiger partial charge in [0.1, 0.15) is 5.75 Å². The van der Waals surface area contributed by atoms with E-state index in [1.807, 2.05) is 31.2 Å². The summed E-state index contributed by atoms with van der Waals surface area (Å²) in [4.78, 5) is 12.3. The second kappa shape index (κ2) is 9.25. The van der Waals surface area contributed by atoms with Crippen LogP contribution >= 0.6 is 0 Å². The number of carbonyl (C=O) groups excluding carboxylic acids is 1. The number of hydrogen-bond acceptors (Lipinski definition) is 6. The molecule has 0 saturated carbocycles. The lowest BCUT2D eigenvalue weighted by atomic mass is 10.1. The van der Waals surface area contributed by atoms with Gasteiger partial charge in [-0.05, 0) is 43.2 Å². The minimum atomic E-state index is -3.51. The van der Waals surface area contributed by atoms with Crippen molar-refractivity contribution < 1.29 is 27.4 Å². The van der Waals surface area contributed by atoms with Gasteiger partial charge in [0.05, 0.1) is 25.1 Å². The Morgan fingerprint density at radius 3 is 2.53 bits per heavy atom. The monoisotopic (exact) mass is 434 g/mol. The molecule has 0 bridgehead atoms. The van der Waals surface area contributed by atoms with Gasteiger partial charge in [-0.2, -0.15) is 0 Å². The van der Waals surface area contributed by atoms with E-state index in [0.29, 0.717) is 23.6 Å². The number of nitrogens with one attached hydrogen (secondary N) is 1. The topological polar surface area (TPSA) is 94.2 Å². The molecule has 0 radical (unpaired) electrons. The fourth-order valence-corrected chi connectivity index (χ4v) is 4.16. The third-order valence-electron chi connectivity index (χ3n) is 4.80. The number of sulfonamides is 1. The van der Waals surface area contributed by atoms with Crippen LogP contribution in [-0.4, -0.2) is 41.0 Å². The molecular weight excluding hydrogens is 408 g/mol. The molecule has 162 valence electrons. The van der Waals surface area contributed by atoms with Crippen molar-refractivity contribution in [2.45, 2.75) is 25.8 Å². The number of hydrogen-bond donors (Lipinski definition) is 1. The van der Waals surface area contributed by atoms with E-state index < -0.39 is 10.0 Å². The van der Waals surface area contributed by atoms with Crippen LogP contribution in [-0.2, 0) is 14.8 Å². The van der Waals surface area contributed by atoms with E-state index >= 15 is 0 Å². The molecule has 1 atom stereocenters. The quantitative estimate of drug-likeness (QED) is 0.652. The summed E-state index contributed by atoms with van der Waals surface area (Å²) in [6, 6.07) is 12.3. The molecule has 0 unspecified atom stereocenters. The van der Waals surface area contributed by atoms with E-state index in [-0.39, 0.29) is 31.7 Å². The molecule has 1 N–H and O–H groups in total. The van der Waals surface area contributed by atoms with Crippen LogP contribution in [0.1, 0.15) is 31.4 Å². The fraction of sp³-hybridized carbons (Fsp3) is 0.381. The molecule has 2 aromatic carbocycles. The number of amides is 1. The van der Waals surface area contributed by atoms with Crippen molar-refractivity contribution in [1.82, 2.24) is 5.32 Å². The maximum absolute atomic E-state index is 12.3. The molecule has 2 aromatic rings. The fourth-order valence-electron chi connectivity index (χ4n) is 3.20. The summed E-state index contributed by atoms with van der Waals surface area (Å²) >= 11 is 0. The van der Waals surface area contributed by atoms with Crippen LogP contribution in [0.4, 0.5) is 5.69 Å². The maximum atomic E-state index is 12.3. The van der Waals surface area contributed by atoms with Gasteiger partial charge in [0.25, 0.3) is 0 Å². The molecule has 3 rings (SSSR count). The van der Waals surface area contributed by atoms with Crippen molar-refractivity contribution >= 4 is 21.6 Å². The van der Waals surface area contributed by atoms with Crippen LogP contribution in [0.2, 0.25) is 0 Å². The largest absolute Gasteiger partial charge is 0.497 e. The molecule has 0 aliphatic carbocycles. The second-order valence-corrected chi connectivity index (χ2v) is 8.95. The van der Waals surface area contributed by atoms with E-state index in [0.717, 1.165) is 17.6 Å². The molecule has 1 aliphatic heterocycles. The van der Waals surface area contributed by atoms with Crippen LogP contribution in [0.5, 0.6) is 17.2 Å². The number of anilines is 1. The SMILES string of the molecule is COc1ccc([C@@H](C)NC(=O)CCCN(c2ccc3c(c2)OCO3)S(C)(=O)=O)cc1. The Labute approximate surface area is 176 Å². The van der Waals surface area contributed by atoms with Crippen LogP contribution < -0.4 is 23.8 Å². The molecule has 0 aromatic heterocycles. The minimum Gasteiger partial charge on any atom is -0.497 e. The number of benzene rings is 2. The predicted molar refractivity (Wildman–Crippen MR) is 114 cm³/mol. The molecular formula is C21H26N2O6S. The van der Waals surface area contributed by atoms with E-state index in [9.17, 15) is 13.2 Å². The van der Waals surface area contributed by atoms with Gasteiger partial charge in [0.15, 0.2) is 11.5 Å². The summed E-state index contributed by atoms with van der Waals surface area (Å²) in [5.41, 5.74) is 1.44. The highest BCUT2D eigenvalue weighted by Gasteiger charge is 2.21. The van der Waals surface area contributed by atoms with Gasteiger partial charge < -0.3 is 19.5 Å². The molecule has 0 spiro atoms. The summed E-state index contributed by atoms with van der Waals surface area (Å²) in [6.07, 6.45) is 1.73. The molecule has 30 heavy (non-hydrogen) atoms. The highest BCUT2D eigenvalue weighted by atomic mass is 32.2. The lowest BCUT2D eigenvalue weighted by molar-refractivity contribution is -0.121. The number of carbonyl (C=O) groups is 1. The lowest BCUT2D eigenvalue weighted by Crippen LogP contribution is -2.32. The van der Waals surface area contributed by atoms with Crippen LogP contribution in [0, 0.1) is 0 Å². The summed E-state index contributed by atoms with van der Waals surface area (Å²) in [6.45, 7) is 2.20. The Hall–Kier alpha value is -2.94. The van der Waals surface area contributed by atoms with Gasteiger partial charge in [-0.3, -0.25) is 9.10 Å². The molecule has 8 nitrogen and oxygen atoms in total. The van der Waals surface area contributed by atoms with Gasteiger partial charge in [0.2, 0.25) is 22.7 Å². The number of fused-ring (bicyclic) bond motifs is 1. The zero-order valence-corrected chi connectivity index (χ0v) is 18.1. The first-order valence-corrected chi connectivity index (χ1v) is 11.4. The third-order valence-corrected chi connectivity index (χ3v) is 6.00. The van der Waals surface area contributed by atoms with E-state index in [1.165, 1.54) is 4.31 Å². The van der Waals surface area contributed by atoms with Gasteiger partial charge in [-0.1, -0.05) is 12.1 Å². The summed E-state index contributed by atoms with van der Waals surface area (Å²) in [5.74, 6) is 1.70. The van der Waals surface area contributed by atoms with Crippen LogP contribution in [0.15, 0.2) is 42.5 Å². The average Bonchev–Trinajstić information content (AvgIpc) is 3.18. The van der Waals surface area contributed by atoms with Crippen molar-refractivity contribution in [3.05, 3.63) is 48.0 Å². The first kappa shape index (κ1) is 21.8. The Morgan fingerprint density at radius 1 is 1.17 bits per heavy atom. The van der Waals surface area contributed by atoms with Crippen molar-refractivity contribution in [1.29, 1.82) is 0 Å². The Kier molecular flexibility index (Phi) is 6.71. The second-order valence-electron chi connectivity index (χ2n) is 7.04. The van der Waals surface area contributed by atoms with Gasteiger partial charge >= 0.3 is 0 Å². The standard InChI is InChI=1S/C21H26N2O6S/c1-15(16-6-9-18(27-2)10-7-16)22-21(24)5-4-12-23(30(3,25)26)17-8-11-19-20(13-17)29-14-28-19/h6-11,13,15H,4-5,12,14H2,1-3H3,(H,22,24)/t15-/m1/s1. The molecule has 0 fully saturated rings. The highest BCUT2D eigenvalue weighted by Crippen LogP contribution is 2.36. The van der Waals surface area contributed by atoms with Crippen LogP contribution in [0.3, 0.4) is 0 Å². The molecule has 1 amide bonds. The van der Waals surface area contributed by atoms with Crippen molar-refractivity contribution in [3.63, 3.8) is 0 Å². The number of nitrogens with zero attached hydrogens (tertiary/aromatic N) is 1.